The predicted octanol–water partition coefficient (Wildman–Crippen LogP) is 2.81. The van der Waals surface area contributed by atoms with Crippen LogP contribution in [0.1, 0.15) is 38.4 Å². The molecule has 0 amide bonds. The summed E-state index contributed by atoms with van der Waals surface area (Å²) in [5.74, 6) is -0.332. The summed E-state index contributed by atoms with van der Waals surface area (Å²) in [7, 11) is 0. The largest absolute Gasteiger partial charge is 0.387 e. The van der Waals surface area contributed by atoms with E-state index in [0.717, 1.165) is 12.8 Å². The maximum absolute atomic E-state index is 13.5. The summed E-state index contributed by atoms with van der Waals surface area (Å²) in [6.07, 6.45) is 1.12. The first-order valence-corrected chi connectivity index (χ1v) is 5.70. The summed E-state index contributed by atoms with van der Waals surface area (Å²) >= 11 is 0. The van der Waals surface area contributed by atoms with Gasteiger partial charge in [0.15, 0.2) is 0 Å². The molecule has 0 saturated carbocycles. The average molecular weight is 260 g/mol. The molecule has 0 bridgehead atoms. The van der Waals surface area contributed by atoms with Crippen LogP contribution in [0.4, 0.5) is 4.39 Å². The summed E-state index contributed by atoms with van der Waals surface area (Å²) in [5.41, 5.74) is 0.425. The molecule has 2 N–H and O–H groups in total. The number of hydrogen-bond donors (Lipinski definition) is 2. The van der Waals surface area contributed by atoms with Crippen LogP contribution in [-0.2, 0) is 0 Å². The molecule has 2 nitrogen and oxygen atoms in total. The fraction of sp³-hybridized carbons (Fsp3) is 0.538. The van der Waals surface area contributed by atoms with Crippen molar-refractivity contribution in [1.29, 1.82) is 0 Å². The molecule has 2 rings (SSSR count). The molecule has 0 radical (unpaired) electrons. The Kier molecular flexibility index (Phi) is 4.53. The van der Waals surface area contributed by atoms with Gasteiger partial charge >= 0.3 is 0 Å². The minimum absolute atomic E-state index is 0. The van der Waals surface area contributed by atoms with Crippen molar-refractivity contribution in [2.24, 2.45) is 0 Å². The fourth-order valence-electron chi connectivity index (χ4n) is 2.33. The second kappa shape index (κ2) is 5.34. The van der Waals surface area contributed by atoms with Crippen LogP contribution in [0.3, 0.4) is 0 Å². The van der Waals surface area contributed by atoms with Gasteiger partial charge < -0.3 is 10.4 Å². The van der Waals surface area contributed by atoms with Gasteiger partial charge in [0.25, 0.3) is 0 Å². The van der Waals surface area contributed by atoms with Crippen molar-refractivity contribution in [1.82, 2.24) is 5.32 Å². The maximum atomic E-state index is 13.5. The van der Waals surface area contributed by atoms with E-state index in [1.165, 1.54) is 6.07 Å². The van der Waals surface area contributed by atoms with Crippen molar-refractivity contribution < 1.29 is 9.50 Å². The Balaban J connectivity index is 0.00000144. The smallest absolute Gasteiger partial charge is 0.129 e. The van der Waals surface area contributed by atoms with Gasteiger partial charge in [-0.3, -0.25) is 0 Å². The normalized spacial score (nSPS) is 24.1. The molecule has 17 heavy (non-hydrogen) atoms. The van der Waals surface area contributed by atoms with Crippen LogP contribution in [0, 0.1) is 5.82 Å². The van der Waals surface area contributed by atoms with Gasteiger partial charge in [0.2, 0.25) is 0 Å². The molecule has 0 unspecified atom stereocenters. The second-order valence-corrected chi connectivity index (χ2v) is 5.14. The molecule has 2 atom stereocenters. The molecule has 1 aliphatic rings. The minimum atomic E-state index is -0.761. The van der Waals surface area contributed by atoms with Crippen LogP contribution in [0.15, 0.2) is 24.3 Å². The summed E-state index contributed by atoms with van der Waals surface area (Å²) in [6, 6.07) is 6.37. The number of halogens is 2. The van der Waals surface area contributed by atoms with Crippen molar-refractivity contribution >= 4 is 12.4 Å². The highest BCUT2D eigenvalue weighted by Crippen LogP contribution is 2.31. The van der Waals surface area contributed by atoms with E-state index in [1.807, 2.05) is 0 Å². The van der Waals surface area contributed by atoms with Gasteiger partial charge in [0.05, 0.1) is 6.10 Å². The molecule has 1 fully saturated rings. The molecule has 1 aliphatic heterocycles. The van der Waals surface area contributed by atoms with Gasteiger partial charge in [-0.25, -0.2) is 4.39 Å². The third-order valence-corrected chi connectivity index (χ3v) is 3.26. The maximum Gasteiger partial charge on any atom is 0.129 e. The van der Waals surface area contributed by atoms with E-state index in [2.05, 4.69) is 19.2 Å². The van der Waals surface area contributed by atoms with E-state index in [0.29, 0.717) is 5.56 Å². The number of benzene rings is 1. The fourth-order valence-corrected chi connectivity index (χ4v) is 2.33. The lowest BCUT2D eigenvalue weighted by molar-refractivity contribution is 0.127. The Bertz CT molecular complexity index is 383. The molecule has 0 aliphatic carbocycles. The number of rotatable bonds is 2. The van der Waals surface area contributed by atoms with Crippen molar-refractivity contribution in [3.8, 4) is 0 Å². The Morgan fingerprint density at radius 2 is 2.06 bits per heavy atom. The van der Waals surface area contributed by atoms with Crippen molar-refractivity contribution in [2.75, 3.05) is 0 Å². The summed E-state index contributed by atoms with van der Waals surface area (Å²) < 4.78 is 13.5. The van der Waals surface area contributed by atoms with E-state index in [-0.39, 0.29) is 29.8 Å². The van der Waals surface area contributed by atoms with Gasteiger partial charge in [-0.2, -0.15) is 0 Å². The van der Waals surface area contributed by atoms with Crippen molar-refractivity contribution in [3.63, 3.8) is 0 Å². The highest BCUT2D eigenvalue weighted by atomic mass is 35.5. The minimum Gasteiger partial charge on any atom is -0.387 e. The van der Waals surface area contributed by atoms with Crippen molar-refractivity contribution in [3.05, 3.63) is 35.6 Å². The molecular weight excluding hydrogens is 241 g/mol. The van der Waals surface area contributed by atoms with E-state index in [9.17, 15) is 9.50 Å². The number of aliphatic hydroxyl groups is 1. The third kappa shape index (κ3) is 3.18. The second-order valence-electron chi connectivity index (χ2n) is 5.14. The van der Waals surface area contributed by atoms with Crippen molar-refractivity contribution in [2.45, 2.75) is 44.4 Å². The molecular formula is C13H19ClFNO. The Morgan fingerprint density at radius 3 is 2.59 bits per heavy atom. The quantitative estimate of drug-likeness (QED) is 0.856. The van der Waals surface area contributed by atoms with Gasteiger partial charge in [0, 0.05) is 17.1 Å². The predicted molar refractivity (Wildman–Crippen MR) is 68.8 cm³/mol. The lowest BCUT2D eigenvalue weighted by Crippen LogP contribution is -2.40. The third-order valence-electron chi connectivity index (χ3n) is 3.26. The Labute approximate surface area is 108 Å². The average Bonchev–Trinajstić information content (AvgIpc) is 2.59. The molecule has 1 aromatic carbocycles. The zero-order valence-corrected chi connectivity index (χ0v) is 10.9. The topological polar surface area (TPSA) is 32.3 Å². The van der Waals surface area contributed by atoms with Crippen LogP contribution in [0.2, 0.25) is 0 Å². The van der Waals surface area contributed by atoms with Gasteiger partial charge in [0.1, 0.15) is 5.82 Å². The van der Waals surface area contributed by atoms with Gasteiger partial charge in [-0.1, -0.05) is 18.2 Å². The molecule has 1 heterocycles. The van der Waals surface area contributed by atoms with Crippen LogP contribution in [-0.4, -0.2) is 16.7 Å². The zero-order chi connectivity index (χ0) is 11.8. The monoisotopic (exact) mass is 259 g/mol. The molecule has 4 heteroatoms. The van der Waals surface area contributed by atoms with E-state index in [1.54, 1.807) is 18.2 Å². The van der Waals surface area contributed by atoms with Crippen LogP contribution in [0.25, 0.3) is 0 Å². The number of nitrogens with one attached hydrogen (secondary N) is 1. The first-order chi connectivity index (χ1) is 7.49. The van der Waals surface area contributed by atoms with Crippen LogP contribution >= 0.6 is 12.4 Å². The summed E-state index contributed by atoms with van der Waals surface area (Å²) in [4.78, 5) is 0. The highest BCUT2D eigenvalue weighted by Gasteiger charge is 2.35. The summed E-state index contributed by atoms with van der Waals surface area (Å²) in [6.45, 7) is 4.20. The number of hydrogen-bond acceptors (Lipinski definition) is 2. The first kappa shape index (κ1) is 14.4. The van der Waals surface area contributed by atoms with Crippen LogP contribution < -0.4 is 5.32 Å². The van der Waals surface area contributed by atoms with E-state index >= 15 is 0 Å². The molecule has 0 spiro atoms. The SMILES string of the molecule is CC1(C)CC[C@H]([C@H](O)c2ccccc2F)N1.Cl. The molecule has 0 aromatic heterocycles. The first-order valence-electron chi connectivity index (χ1n) is 5.70. The van der Waals surface area contributed by atoms with Gasteiger partial charge in [-0.05, 0) is 32.8 Å². The lowest BCUT2D eigenvalue weighted by Gasteiger charge is -2.24. The highest BCUT2D eigenvalue weighted by molar-refractivity contribution is 5.85. The molecule has 1 saturated heterocycles. The lowest BCUT2D eigenvalue weighted by atomic mass is 10.00. The van der Waals surface area contributed by atoms with Crippen LogP contribution in [0.5, 0.6) is 0 Å². The molecule has 96 valence electrons. The molecule has 1 aromatic rings. The standard InChI is InChI=1S/C13H18FNO.ClH/c1-13(2)8-7-11(15-13)12(16)9-5-3-4-6-10(9)14;/h3-6,11-12,15-16H,7-8H2,1-2H3;1H/t11-,12-;/m1./s1. The van der Waals surface area contributed by atoms with E-state index < -0.39 is 6.10 Å². The summed E-state index contributed by atoms with van der Waals surface area (Å²) in [5, 5.41) is 13.5. The Hall–Kier alpha value is -0.640. The zero-order valence-electron chi connectivity index (χ0n) is 10.1. The van der Waals surface area contributed by atoms with Gasteiger partial charge in [-0.15, -0.1) is 12.4 Å². The number of aliphatic hydroxyl groups excluding tert-OH is 1. The van der Waals surface area contributed by atoms with E-state index in [4.69, 9.17) is 0 Å². The Morgan fingerprint density at radius 1 is 1.41 bits per heavy atom.